The van der Waals surface area contributed by atoms with Gasteiger partial charge in [0.15, 0.2) is 0 Å². The van der Waals surface area contributed by atoms with Crippen molar-refractivity contribution in [2.45, 2.75) is 6.92 Å². The molecule has 0 saturated carbocycles. The SMILES string of the molecule is CCNn1nc2ccccc2n1. The number of aromatic nitrogens is 3. The Kier molecular flexibility index (Phi) is 1.66. The van der Waals surface area contributed by atoms with Crippen LogP contribution in [0.1, 0.15) is 6.92 Å². The summed E-state index contributed by atoms with van der Waals surface area (Å²) in [6.45, 7) is 2.83. The van der Waals surface area contributed by atoms with Gasteiger partial charge in [0.25, 0.3) is 0 Å². The second-order valence-corrected chi connectivity index (χ2v) is 2.49. The summed E-state index contributed by atoms with van der Waals surface area (Å²) in [5.41, 5.74) is 4.82. The van der Waals surface area contributed by atoms with E-state index in [2.05, 4.69) is 15.6 Å². The van der Waals surface area contributed by atoms with Gasteiger partial charge in [-0.05, 0) is 19.1 Å². The Balaban J connectivity index is 2.47. The van der Waals surface area contributed by atoms with Crippen LogP contribution in [0.3, 0.4) is 0 Å². The highest BCUT2D eigenvalue weighted by atomic mass is 15.7. The van der Waals surface area contributed by atoms with Crippen molar-refractivity contribution in [2.24, 2.45) is 0 Å². The molecule has 1 N–H and O–H groups in total. The summed E-state index contributed by atoms with van der Waals surface area (Å²) in [6.07, 6.45) is 0. The highest BCUT2D eigenvalue weighted by molar-refractivity contribution is 5.72. The van der Waals surface area contributed by atoms with E-state index < -0.39 is 0 Å². The minimum absolute atomic E-state index is 0.820. The van der Waals surface area contributed by atoms with Crippen molar-refractivity contribution < 1.29 is 0 Å². The molecule has 1 heterocycles. The first-order valence-corrected chi connectivity index (χ1v) is 3.96. The van der Waals surface area contributed by atoms with E-state index in [9.17, 15) is 0 Å². The molecule has 12 heavy (non-hydrogen) atoms. The Morgan fingerprint density at radius 1 is 1.25 bits per heavy atom. The molecule has 0 atom stereocenters. The average molecular weight is 162 g/mol. The zero-order chi connectivity index (χ0) is 8.39. The van der Waals surface area contributed by atoms with Crippen molar-refractivity contribution in [2.75, 3.05) is 12.0 Å². The Hall–Kier alpha value is -1.58. The van der Waals surface area contributed by atoms with Crippen molar-refractivity contribution >= 4 is 11.0 Å². The summed E-state index contributed by atoms with van der Waals surface area (Å²) in [5, 5.41) is 8.39. The lowest BCUT2D eigenvalue weighted by atomic mass is 10.3. The highest BCUT2D eigenvalue weighted by Gasteiger charge is 1.97. The monoisotopic (exact) mass is 162 g/mol. The van der Waals surface area contributed by atoms with Gasteiger partial charge in [-0.2, -0.15) is 0 Å². The van der Waals surface area contributed by atoms with Gasteiger partial charge in [0.1, 0.15) is 11.0 Å². The van der Waals surface area contributed by atoms with E-state index in [1.165, 1.54) is 4.91 Å². The number of benzene rings is 1. The zero-order valence-corrected chi connectivity index (χ0v) is 6.86. The van der Waals surface area contributed by atoms with Crippen LogP contribution in [-0.2, 0) is 0 Å². The molecular formula is C8H10N4. The standard InChI is InChI=1S/C8H10N4/c1-2-9-12-10-7-5-3-4-6-8(7)11-12/h3-6,9H,2H2,1H3. The smallest absolute Gasteiger partial charge is 0.115 e. The van der Waals surface area contributed by atoms with E-state index >= 15 is 0 Å². The molecule has 0 amide bonds. The van der Waals surface area contributed by atoms with Crippen molar-refractivity contribution in [3.63, 3.8) is 0 Å². The van der Waals surface area contributed by atoms with Gasteiger partial charge < -0.3 is 0 Å². The Labute approximate surface area is 70.2 Å². The molecular weight excluding hydrogens is 152 g/mol. The summed E-state index contributed by atoms with van der Waals surface area (Å²) in [6, 6.07) is 7.78. The Morgan fingerprint density at radius 2 is 1.83 bits per heavy atom. The molecule has 0 bridgehead atoms. The van der Waals surface area contributed by atoms with Gasteiger partial charge in [-0.15, -0.1) is 10.2 Å². The van der Waals surface area contributed by atoms with Crippen LogP contribution in [0.15, 0.2) is 24.3 Å². The zero-order valence-electron chi connectivity index (χ0n) is 6.86. The molecule has 0 aliphatic rings. The molecule has 1 aromatic carbocycles. The van der Waals surface area contributed by atoms with E-state index in [1.54, 1.807) is 0 Å². The molecule has 0 radical (unpaired) electrons. The minimum Gasteiger partial charge on any atom is -0.293 e. The predicted octanol–water partition coefficient (Wildman–Crippen LogP) is 0.995. The number of fused-ring (bicyclic) bond motifs is 1. The third kappa shape index (κ3) is 1.11. The molecule has 0 aliphatic heterocycles. The lowest BCUT2D eigenvalue weighted by Gasteiger charge is -1.96. The summed E-state index contributed by atoms with van der Waals surface area (Å²) < 4.78 is 0. The van der Waals surface area contributed by atoms with Gasteiger partial charge in [-0.1, -0.05) is 17.0 Å². The van der Waals surface area contributed by atoms with E-state index in [-0.39, 0.29) is 0 Å². The molecule has 0 spiro atoms. The lowest BCUT2D eigenvalue weighted by molar-refractivity contribution is 0.656. The topological polar surface area (TPSA) is 42.7 Å². The highest BCUT2D eigenvalue weighted by Crippen LogP contribution is 2.05. The Morgan fingerprint density at radius 3 is 2.33 bits per heavy atom. The van der Waals surface area contributed by atoms with Gasteiger partial charge in [0.2, 0.25) is 0 Å². The molecule has 0 saturated heterocycles. The van der Waals surface area contributed by atoms with Gasteiger partial charge in [0, 0.05) is 6.54 Å². The maximum atomic E-state index is 4.20. The third-order valence-corrected chi connectivity index (χ3v) is 1.59. The summed E-state index contributed by atoms with van der Waals surface area (Å²) in [7, 11) is 0. The van der Waals surface area contributed by atoms with E-state index in [1.807, 2.05) is 31.2 Å². The van der Waals surface area contributed by atoms with Gasteiger partial charge in [-0.3, -0.25) is 5.43 Å². The fourth-order valence-electron chi connectivity index (χ4n) is 1.07. The normalized spacial score (nSPS) is 10.4. The first kappa shape index (κ1) is 7.09. The number of hydrogen-bond acceptors (Lipinski definition) is 3. The molecule has 4 nitrogen and oxygen atoms in total. The third-order valence-electron chi connectivity index (χ3n) is 1.59. The largest absolute Gasteiger partial charge is 0.293 e. The molecule has 0 unspecified atom stereocenters. The first-order valence-electron chi connectivity index (χ1n) is 3.96. The molecule has 2 rings (SSSR count). The van der Waals surface area contributed by atoms with Crippen LogP contribution in [0.4, 0.5) is 0 Å². The Bertz CT molecular complexity index is 346. The maximum Gasteiger partial charge on any atom is 0.115 e. The second kappa shape index (κ2) is 2.81. The molecule has 62 valence electrons. The molecule has 1 aromatic heterocycles. The summed E-state index contributed by atoms with van der Waals surface area (Å²) in [5.74, 6) is 0. The van der Waals surface area contributed by atoms with Gasteiger partial charge >= 0.3 is 0 Å². The molecule has 0 fully saturated rings. The first-order chi connectivity index (χ1) is 5.90. The number of nitrogens with zero attached hydrogens (tertiary/aromatic N) is 3. The van der Waals surface area contributed by atoms with E-state index in [4.69, 9.17) is 0 Å². The second-order valence-electron chi connectivity index (χ2n) is 2.49. The van der Waals surface area contributed by atoms with Crippen molar-refractivity contribution in [1.29, 1.82) is 0 Å². The van der Waals surface area contributed by atoms with Gasteiger partial charge in [0.05, 0.1) is 0 Å². The van der Waals surface area contributed by atoms with Crippen LogP contribution < -0.4 is 5.43 Å². The van der Waals surface area contributed by atoms with Crippen LogP contribution in [0.25, 0.3) is 11.0 Å². The van der Waals surface area contributed by atoms with Crippen molar-refractivity contribution in [3.05, 3.63) is 24.3 Å². The molecule has 2 aromatic rings. The van der Waals surface area contributed by atoms with E-state index in [0.717, 1.165) is 17.6 Å². The van der Waals surface area contributed by atoms with Crippen LogP contribution in [0, 0.1) is 0 Å². The summed E-state index contributed by atoms with van der Waals surface area (Å²) in [4.78, 5) is 1.50. The minimum atomic E-state index is 0.820. The van der Waals surface area contributed by atoms with Crippen molar-refractivity contribution in [1.82, 2.24) is 15.1 Å². The lowest BCUT2D eigenvalue weighted by Crippen LogP contribution is -2.16. The molecule has 0 aliphatic carbocycles. The fourth-order valence-corrected chi connectivity index (χ4v) is 1.07. The molecule has 4 heteroatoms. The van der Waals surface area contributed by atoms with Crippen molar-refractivity contribution in [3.8, 4) is 0 Å². The average Bonchev–Trinajstić information content (AvgIpc) is 2.47. The van der Waals surface area contributed by atoms with Gasteiger partial charge in [-0.25, -0.2) is 0 Å². The fraction of sp³-hybridized carbons (Fsp3) is 0.250. The predicted molar refractivity (Wildman–Crippen MR) is 47.4 cm³/mol. The number of hydrogen-bond donors (Lipinski definition) is 1. The van der Waals surface area contributed by atoms with Crippen LogP contribution in [0.5, 0.6) is 0 Å². The maximum absolute atomic E-state index is 4.20. The van der Waals surface area contributed by atoms with Crippen LogP contribution >= 0.6 is 0 Å². The van der Waals surface area contributed by atoms with Crippen LogP contribution in [-0.4, -0.2) is 21.6 Å². The number of nitrogens with one attached hydrogen (secondary N) is 1. The quantitative estimate of drug-likeness (QED) is 0.716. The summed E-state index contributed by atoms with van der Waals surface area (Å²) >= 11 is 0. The van der Waals surface area contributed by atoms with E-state index in [0.29, 0.717) is 0 Å². The number of rotatable bonds is 2. The van der Waals surface area contributed by atoms with Crippen LogP contribution in [0.2, 0.25) is 0 Å².